The van der Waals surface area contributed by atoms with E-state index in [-0.39, 0.29) is 17.8 Å². The van der Waals surface area contributed by atoms with E-state index in [1.807, 2.05) is 22.7 Å². The summed E-state index contributed by atoms with van der Waals surface area (Å²) in [6, 6.07) is 7.12. The molecule has 1 aliphatic carbocycles. The van der Waals surface area contributed by atoms with Crippen LogP contribution in [0.15, 0.2) is 47.5 Å². The first kappa shape index (κ1) is 18.2. The Morgan fingerprint density at radius 2 is 1.94 bits per heavy atom. The van der Waals surface area contributed by atoms with E-state index in [0.29, 0.717) is 43.1 Å². The van der Waals surface area contributed by atoms with E-state index in [2.05, 4.69) is 15.3 Å². The SMILES string of the molecule is O=c1n2c(nn1[C@H]1C[C@H](Oc3nncc4cccn34)C1)CC[C@H]2c1cc(F)cc(F)c1. The summed E-state index contributed by atoms with van der Waals surface area (Å²) in [5, 5.41) is 12.5. The van der Waals surface area contributed by atoms with Gasteiger partial charge >= 0.3 is 11.7 Å². The highest BCUT2D eigenvalue weighted by Gasteiger charge is 2.38. The van der Waals surface area contributed by atoms with Gasteiger partial charge in [-0.3, -0.25) is 8.97 Å². The van der Waals surface area contributed by atoms with Crippen LogP contribution < -0.4 is 10.4 Å². The topological polar surface area (TPSA) is 79.2 Å². The molecular formula is C21H18F2N6O2. The van der Waals surface area contributed by atoms with Crippen molar-refractivity contribution in [2.45, 2.75) is 43.9 Å². The number of nitrogens with zero attached hydrogens (tertiary/aromatic N) is 6. The minimum absolute atomic E-state index is 0.0858. The van der Waals surface area contributed by atoms with E-state index in [0.717, 1.165) is 11.6 Å². The first-order valence-corrected chi connectivity index (χ1v) is 10.2. The Kier molecular flexibility index (Phi) is 3.95. The van der Waals surface area contributed by atoms with Gasteiger partial charge in [0.2, 0.25) is 0 Å². The number of hydrogen-bond donors (Lipinski definition) is 0. The molecule has 1 aromatic carbocycles. The van der Waals surface area contributed by atoms with Crippen LogP contribution in [-0.2, 0) is 6.42 Å². The first-order chi connectivity index (χ1) is 15.1. The lowest BCUT2D eigenvalue weighted by Crippen LogP contribution is -2.41. The molecule has 3 aromatic heterocycles. The Hall–Kier alpha value is -3.56. The van der Waals surface area contributed by atoms with Crippen molar-refractivity contribution in [3.05, 3.63) is 76.2 Å². The molecule has 0 spiro atoms. The lowest BCUT2D eigenvalue weighted by atomic mass is 9.89. The zero-order chi connectivity index (χ0) is 21.1. The molecule has 1 aliphatic heterocycles. The van der Waals surface area contributed by atoms with Gasteiger partial charge in [-0.25, -0.2) is 18.3 Å². The van der Waals surface area contributed by atoms with Crippen molar-refractivity contribution in [2.24, 2.45) is 0 Å². The number of benzene rings is 1. The zero-order valence-corrected chi connectivity index (χ0v) is 16.4. The van der Waals surface area contributed by atoms with Crippen molar-refractivity contribution in [3.8, 4) is 6.01 Å². The molecule has 0 amide bonds. The van der Waals surface area contributed by atoms with Crippen molar-refractivity contribution in [1.82, 2.24) is 28.9 Å². The highest BCUT2D eigenvalue weighted by Crippen LogP contribution is 2.36. The summed E-state index contributed by atoms with van der Waals surface area (Å²) in [5.41, 5.74) is 1.09. The van der Waals surface area contributed by atoms with Crippen molar-refractivity contribution in [3.63, 3.8) is 0 Å². The molecule has 6 rings (SSSR count). The molecule has 0 saturated heterocycles. The van der Waals surface area contributed by atoms with Crippen molar-refractivity contribution in [2.75, 3.05) is 0 Å². The summed E-state index contributed by atoms with van der Waals surface area (Å²) in [6.07, 6.45) is 5.84. The van der Waals surface area contributed by atoms with Crippen LogP contribution in [0.5, 0.6) is 6.01 Å². The molecule has 10 heteroatoms. The minimum Gasteiger partial charge on any atom is -0.460 e. The lowest BCUT2D eigenvalue weighted by Gasteiger charge is -2.34. The molecule has 2 aliphatic rings. The summed E-state index contributed by atoms with van der Waals surface area (Å²) in [7, 11) is 0. The average molecular weight is 424 g/mol. The molecular weight excluding hydrogens is 406 g/mol. The molecule has 0 N–H and O–H groups in total. The van der Waals surface area contributed by atoms with Crippen LogP contribution in [0.1, 0.15) is 42.7 Å². The van der Waals surface area contributed by atoms with E-state index in [1.54, 1.807) is 10.8 Å². The maximum Gasteiger partial charge on any atom is 0.346 e. The quantitative estimate of drug-likeness (QED) is 0.503. The van der Waals surface area contributed by atoms with E-state index < -0.39 is 17.7 Å². The maximum absolute atomic E-state index is 13.7. The zero-order valence-electron chi connectivity index (χ0n) is 16.4. The third-order valence-corrected chi connectivity index (χ3v) is 6.13. The van der Waals surface area contributed by atoms with Gasteiger partial charge in [0.05, 0.1) is 23.8 Å². The molecule has 0 unspecified atom stereocenters. The number of aryl methyl sites for hydroxylation is 1. The van der Waals surface area contributed by atoms with Gasteiger partial charge < -0.3 is 4.74 Å². The largest absolute Gasteiger partial charge is 0.460 e. The van der Waals surface area contributed by atoms with Crippen molar-refractivity contribution in [1.29, 1.82) is 0 Å². The Morgan fingerprint density at radius 1 is 1.13 bits per heavy atom. The van der Waals surface area contributed by atoms with Crippen molar-refractivity contribution >= 4 is 5.52 Å². The van der Waals surface area contributed by atoms with E-state index in [1.165, 1.54) is 16.8 Å². The van der Waals surface area contributed by atoms with Crippen LogP contribution in [0.4, 0.5) is 8.78 Å². The highest BCUT2D eigenvalue weighted by molar-refractivity contribution is 5.45. The average Bonchev–Trinajstić information content (AvgIpc) is 3.40. The van der Waals surface area contributed by atoms with Gasteiger partial charge in [-0.1, -0.05) is 5.10 Å². The number of ether oxygens (including phenoxy) is 1. The number of fused-ring (bicyclic) bond motifs is 2. The Labute approximate surface area is 174 Å². The Morgan fingerprint density at radius 3 is 2.74 bits per heavy atom. The molecule has 0 bridgehead atoms. The fourth-order valence-corrected chi connectivity index (χ4v) is 4.56. The molecule has 31 heavy (non-hydrogen) atoms. The standard InChI is InChI=1S/C21H18F2N6O2/c22-13-6-12(7-14(23)8-13)18-3-4-19-26-29(21(30)28(18)19)16-9-17(10-16)31-20-25-24-11-15-2-1-5-27(15)20/h1-2,5-8,11,16-18H,3-4,9-10H2/t16-,17-,18-/m0/s1. The second-order valence-corrected chi connectivity index (χ2v) is 8.07. The van der Waals surface area contributed by atoms with Gasteiger partial charge in [-0.2, -0.15) is 10.2 Å². The fraction of sp³-hybridized carbons (Fsp3) is 0.333. The minimum atomic E-state index is -0.649. The summed E-state index contributed by atoms with van der Waals surface area (Å²) in [5.74, 6) is -0.653. The molecule has 158 valence electrons. The van der Waals surface area contributed by atoms with Gasteiger partial charge in [0.1, 0.15) is 23.6 Å². The first-order valence-electron chi connectivity index (χ1n) is 10.2. The molecule has 0 radical (unpaired) electrons. The molecule has 4 heterocycles. The third-order valence-electron chi connectivity index (χ3n) is 6.13. The monoisotopic (exact) mass is 424 g/mol. The molecule has 8 nitrogen and oxygen atoms in total. The number of halogens is 2. The molecule has 1 atom stereocenters. The van der Waals surface area contributed by atoms with Gasteiger partial charge in [0, 0.05) is 31.5 Å². The Balaban J connectivity index is 1.21. The predicted molar refractivity (Wildman–Crippen MR) is 105 cm³/mol. The number of rotatable bonds is 4. The summed E-state index contributed by atoms with van der Waals surface area (Å²) in [4.78, 5) is 13.1. The smallest absolute Gasteiger partial charge is 0.346 e. The molecule has 1 saturated carbocycles. The van der Waals surface area contributed by atoms with Crippen LogP contribution in [0.2, 0.25) is 0 Å². The fourth-order valence-electron chi connectivity index (χ4n) is 4.56. The lowest BCUT2D eigenvalue weighted by molar-refractivity contribution is 0.0522. The van der Waals surface area contributed by atoms with Crippen LogP contribution in [0.3, 0.4) is 0 Å². The van der Waals surface area contributed by atoms with Gasteiger partial charge in [-0.05, 0) is 36.2 Å². The second-order valence-electron chi connectivity index (χ2n) is 8.07. The van der Waals surface area contributed by atoms with Gasteiger partial charge in [-0.15, -0.1) is 0 Å². The van der Waals surface area contributed by atoms with Crippen molar-refractivity contribution < 1.29 is 13.5 Å². The predicted octanol–water partition coefficient (Wildman–Crippen LogP) is 2.68. The van der Waals surface area contributed by atoms with E-state index in [4.69, 9.17) is 4.74 Å². The van der Waals surface area contributed by atoms with Gasteiger partial charge in [0.15, 0.2) is 0 Å². The maximum atomic E-state index is 13.7. The molecule has 4 aromatic rings. The summed E-state index contributed by atoms with van der Waals surface area (Å²) in [6.45, 7) is 0. The van der Waals surface area contributed by atoms with Gasteiger partial charge in [0.25, 0.3) is 0 Å². The third kappa shape index (κ3) is 2.93. The van der Waals surface area contributed by atoms with E-state index >= 15 is 0 Å². The highest BCUT2D eigenvalue weighted by atomic mass is 19.1. The van der Waals surface area contributed by atoms with Crippen LogP contribution in [0, 0.1) is 11.6 Å². The Bertz CT molecular complexity index is 1330. The number of hydrogen-bond acceptors (Lipinski definition) is 5. The van der Waals surface area contributed by atoms with Crippen LogP contribution in [0.25, 0.3) is 5.52 Å². The number of aromatic nitrogens is 6. The molecule has 1 fully saturated rings. The van der Waals surface area contributed by atoms with E-state index in [9.17, 15) is 13.6 Å². The normalized spacial score (nSPS) is 22.5. The second kappa shape index (κ2) is 6.73. The summed E-state index contributed by atoms with van der Waals surface area (Å²) >= 11 is 0. The summed E-state index contributed by atoms with van der Waals surface area (Å²) < 4.78 is 38.2. The van der Waals surface area contributed by atoms with Crippen LogP contribution >= 0.6 is 0 Å². The van der Waals surface area contributed by atoms with Crippen LogP contribution in [-0.4, -0.2) is 35.0 Å².